The molecule has 0 bridgehead atoms. The predicted octanol–water partition coefficient (Wildman–Crippen LogP) is 5.45. The van der Waals surface area contributed by atoms with Crippen LogP contribution < -0.4 is 10.1 Å². The van der Waals surface area contributed by atoms with Gasteiger partial charge in [0.2, 0.25) is 0 Å². The molecular formula is C20H14INO3. The molecule has 1 aromatic heterocycles. The highest BCUT2D eigenvalue weighted by Crippen LogP contribution is 2.36. The molecule has 0 radical (unpaired) electrons. The van der Waals surface area contributed by atoms with Crippen molar-refractivity contribution in [1.29, 1.82) is 0 Å². The van der Waals surface area contributed by atoms with Crippen LogP contribution in [0.25, 0.3) is 21.9 Å². The molecule has 25 heavy (non-hydrogen) atoms. The van der Waals surface area contributed by atoms with Gasteiger partial charge >= 0.3 is 0 Å². The number of amides is 1. The van der Waals surface area contributed by atoms with E-state index in [0.717, 1.165) is 19.9 Å². The third-order valence-corrected chi connectivity index (χ3v) is 5.01. The van der Waals surface area contributed by atoms with E-state index in [1.807, 2.05) is 54.6 Å². The largest absolute Gasteiger partial charge is 0.495 e. The van der Waals surface area contributed by atoms with Crippen LogP contribution in [0, 0.1) is 3.57 Å². The molecule has 0 atom stereocenters. The zero-order valence-electron chi connectivity index (χ0n) is 13.4. The molecule has 0 spiro atoms. The summed E-state index contributed by atoms with van der Waals surface area (Å²) in [5, 5.41) is 4.90. The smallest absolute Gasteiger partial charge is 0.256 e. The number of carbonyl (C=O) groups excluding carboxylic acids is 1. The van der Waals surface area contributed by atoms with Gasteiger partial charge in [0.1, 0.15) is 16.9 Å². The van der Waals surface area contributed by atoms with E-state index < -0.39 is 0 Å². The Kier molecular flexibility index (Phi) is 4.09. The number of furan rings is 1. The van der Waals surface area contributed by atoms with Crippen LogP contribution >= 0.6 is 22.6 Å². The van der Waals surface area contributed by atoms with Crippen molar-refractivity contribution in [2.75, 3.05) is 12.4 Å². The van der Waals surface area contributed by atoms with Gasteiger partial charge < -0.3 is 14.5 Å². The summed E-state index contributed by atoms with van der Waals surface area (Å²) in [6.07, 6.45) is 0. The molecule has 1 N–H and O–H groups in total. The van der Waals surface area contributed by atoms with E-state index >= 15 is 0 Å². The Balaban J connectivity index is 1.80. The predicted molar refractivity (Wildman–Crippen MR) is 107 cm³/mol. The van der Waals surface area contributed by atoms with Crippen LogP contribution in [0.3, 0.4) is 0 Å². The van der Waals surface area contributed by atoms with Crippen molar-refractivity contribution >= 4 is 56.1 Å². The number of hydrogen-bond donors (Lipinski definition) is 1. The van der Waals surface area contributed by atoms with Crippen molar-refractivity contribution in [2.24, 2.45) is 0 Å². The molecule has 4 rings (SSSR count). The molecule has 3 aromatic carbocycles. The zero-order chi connectivity index (χ0) is 17.4. The highest BCUT2D eigenvalue weighted by molar-refractivity contribution is 14.1. The number of carbonyl (C=O) groups is 1. The van der Waals surface area contributed by atoms with Gasteiger partial charge in [0.25, 0.3) is 5.91 Å². The molecule has 0 aliphatic rings. The maximum absolute atomic E-state index is 12.6. The number of methoxy groups -OCH3 is 1. The lowest BCUT2D eigenvalue weighted by Gasteiger charge is -2.11. The van der Waals surface area contributed by atoms with Crippen molar-refractivity contribution in [3.05, 3.63) is 69.8 Å². The summed E-state index contributed by atoms with van der Waals surface area (Å²) in [5.74, 6) is 0.414. The number of nitrogens with one attached hydrogen (secondary N) is 1. The summed E-state index contributed by atoms with van der Waals surface area (Å²) in [6.45, 7) is 0. The summed E-state index contributed by atoms with van der Waals surface area (Å²) in [6, 6.07) is 19.0. The Morgan fingerprint density at radius 3 is 2.56 bits per heavy atom. The molecule has 0 aliphatic carbocycles. The van der Waals surface area contributed by atoms with Crippen LogP contribution in [0.2, 0.25) is 0 Å². The lowest BCUT2D eigenvalue weighted by molar-refractivity contribution is 0.102. The SMILES string of the molecule is COc1cc2c(cc1NC(=O)c1ccccc1I)oc1ccccc12. The van der Waals surface area contributed by atoms with Gasteiger partial charge in [-0.2, -0.15) is 0 Å². The highest BCUT2D eigenvalue weighted by Gasteiger charge is 2.16. The third kappa shape index (κ3) is 2.84. The Bertz CT molecular complexity index is 1100. The first-order chi connectivity index (χ1) is 12.2. The normalized spacial score (nSPS) is 11.0. The number of fused-ring (bicyclic) bond motifs is 3. The quantitative estimate of drug-likeness (QED) is 0.429. The molecule has 5 heteroatoms. The lowest BCUT2D eigenvalue weighted by Crippen LogP contribution is -2.14. The van der Waals surface area contributed by atoms with Crippen molar-refractivity contribution < 1.29 is 13.9 Å². The number of rotatable bonds is 3. The second kappa shape index (κ2) is 6.40. The van der Waals surface area contributed by atoms with Gasteiger partial charge in [-0.1, -0.05) is 30.3 Å². The second-order valence-electron chi connectivity index (χ2n) is 5.58. The van der Waals surface area contributed by atoms with Gasteiger partial charge in [0, 0.05) is 20.4 Å². The van der Waals surface area contributed by atoms with Crippen LogP contribution in [0.4, 0.5) is 5.69 Å². The van der Waals surface area contributed by atoms with E-state index in [0.29, 0.717) is 22.6 Å². The molecular weight excluding hydrogens is 429 g/mol. The fraction of sp³-hybridized carbons (Fsp3) is 0.0500. The fourth-order valence-corrected chi connectivity index (χ4v) is 3.49. The minimum absolute atomic E-state index is 0.182. The van der Waals surface area contributed by atoms with Crippen LogP contribution in [-0.4, -0.2) is 13.0 Å². The lowest BCUT2D eigenvalue weighted by atomic mass is 10.1. The van der Waals surface area contributed by atoms with E-state index in [2.05, 4.69) is 27.9 Å². The van der Waals surface area contributed by atoms with E-state index in [1.165, 1.54) is 0 Å². The molecule has 4 aromatic rings. The second-order valence-corrected chi connectivity index (χ2v) is 6.74. The molecule has 0 aliphatic heterocycles. The fourth-order valence-electron chi connectivity index (χ4n) is 2.85. The summed E-state index contributed by atoms with van der Waals surface area (Å²) >= 11 is 2.15. The van der Waals surface area contributed by atoms with Gasteiger partial charge in [-0.05, 0) is 46.9 Å². The summed E-state index contributed by atoms with van der Waals surface area (Å²) in [7, 11) is 1.59. The first kappa shape index (κ1) is 16.0. The maximum Gasteiger partial charge on any atom is 0.256 e. The van der Waals surface area contributed by atoms with Crippen molar-refractivity contribution in [1.82, 2.24) is 0 Å². The topological polar surface area (TPSA) is 51.5 Å². The van der Waals surface area contributed by atoms with Crippen LogP contribution in [0.5, 0.6) is 5.75 Å². The molecule has 0 saturated heterocycles. The standard InChI is InChI=1S/C20H14INO3/c1-24-19-10-14-12-6-3-5-9-17(12)25-18(14)11-16(19)22-20(23)13-7-2-4-8-15(13)21/h2-11H,1H3,(H,22,23). The first-order valence-corrected chi connectivity index (χ1v) is 8.80. The zero-order valence-corrected chi connectivity index (χ0v) is 15.5. The summed E-state index contributed by atoms with van der Waals surface area (Å²) < 4.78 is 12.3. The maximum atomic E-state index is 12.6. The highest BCUT2D eigenvalue weighted by atomic mass is 127. The third-order valence-electron chi connectivity index (χ3n) is 4.07. The van der Waals surface area contributed by atoms with Gasteiger partial charge in [-0.25, -0.2) is 0 Å². The Labute approximate surface area is 157 Å². The van der Waals surface area contributed by atoms with Gasteiger partial charge in [-0.15, -0.1) is 0 Å². The van der Waals surface area contributed by atoms with E-state index in [9.17, 15) is 4.79 Å². The van der Waals surface area contributed by atoms with Crippen molar-refractivity contribution in [3.8, 4) is 5.75 Å². The average molecular weight is 443 g/mol. The molecule has 0 fully saturated rings. The van der Waals surface area contributed by atoms with Crippen LogP contribution in [0.1, 0.15) is 10.4 Å². The minimum Gasteiger partial charge on any atom is -0.495 e. The number of hydrogen-bond acceptors (Lipinski definition) is 3. The van der Waals surface area contributed by atoms with E-state index in [-0.39, 0.29) is 5.91 Å². The van der Waals surface area contributed by atoms with E-state index in [4.69, 9.17) is 9.15 Å². The van der Waals surface area contributed by atoms with Gasteiger partial charge in [0.15, 0.2) is 0 Å². The number of ether oxygens (including phenoxy) is 1. The molecule has 4 nitrogen and oxygen atoms in total. The number of anilines is 1. The van der Waals surface area contributed by atoms with Crippen molar-refractivity contribution in [2.45, 2.75) is 0 Å². The summed E-state index contributed by atoms with van der Waals surface area (Å²) in [5.41, 5.74) is 2.72. The molecule has 124 valence electrons. The Morgan fingerprint density at radius 1 is 1.00 bits per heavy atom. The first-order valence-electron chi connectivity index (χ1n) is 7.72. The summed E-state index contributed by atoms with van der Waals surface area (Å²) in [4.78, 5) is 12.6. The number of benzene rings is 3. The van der Waals surface area contributed by atoms with Crippen LogP contribution in [-0.2, 0) is 0 Å². The minimum atomic E-state index is -0.182. The van der Waals surface area contributed by atoms with Crippen LogP contribution in [0.15, 0.2) is 65.1 Å². The van der Waals surface area contributed by atoms with Crippen molar-refractivity contribution in [3.63, 3.8) is 0 Å². The van der Waals surface area contributed by atoms with Gasteiger partial charge in [0.05, 0.1) is 18.4 Å². The molecule has 0 unspecified atom stereocenters. The Hall–Kier alpha value is -2.54. The number of para-hydroxylation sites is 1. The Morgan fingerprint density at radius 2 is 1.76 bits per heavy atom. The molecule has 0 saturated carbocycles. The van der Waals surface area contributed by atoms with Gasteiger partial charge in [-0.3, -0.25) is 4.79 Å². The average Bonchev–Trinajstić information content (AvgIpc) is 2.98. The number of halogens is 1. The molecule has 1 heterocycles. The van der Waals surface area contributed by atoms with E-state index in [1.54, 1.807) is 13.2 Å². The monoisotopic (exact) mass is 443 g/mol. The molecule has 1 amide bonds.